The molecule has 1 fully saturated rings. The fourth-order valence-electron chi connectivity index (χ4n) is 2.41. The molecule has 7 heteroatoms. The first-order valence-corrected chi connectivity index (χ1v) is 7.94. The molecule has 0 aliphatic carbocycles. The maximum atomic E-state index is 9.85. The van der Waals surface area contributed by atoms with Crippen LogP contribution in [0.2, 0.25) is 0 Å². The molecule has 3 rings (SSSR count). The van der Waals surface area contributed by atoms with Gasteiger partial charge in [-0.15, -0.1) is 11.3 Å². The minimum atomic E-state index is -1.07. The molecule has 0 saturated carbocycles. The highest BCUT2D eigenvalue weighted by molar-refractivity contribution is 7.10. The maximum Gasteiger partial charge on any atom is 0.153 e. The molecule has 2 aromatic rings. The molecule has 22 heavy (non-hydrogen) atoms. The number of aliphatic hydroxyl groups excluding tert-OH is 3. The number of rotatable bonds is 4. The van der Waals surface area contributed by atoms with Crippen molar-refractivity contribution < 1.29 is 20.1 Å². The number of nitrogens with zero attached hydrogens (tertiary/aromatic N) is 2. The minimum Gasteiger partial charge on any atom is -0.394 e. The molecule has 0 aromatic carbocycles. The van der Waals surface area contributed by atoms with Crippen molar-refractivity contribution in [1.82, 2.24) is 9.78 Å². The summed E-state index contributed by atoms with van der Waals surface area (Å²) < 4.78 is 7.19. The van der Waals surface area contributed by atoms with Crippen LogP contribution in [0, 0.1) is 0 Å². The first kappa shape index (κ1) is 15.4. The fourth-order valence-corrected chi connectivity index (χ4v) is 3.03. The summed E-state index contributed by atoms with van der Waals surface area (Å²) in [5.41, 5.74) is 0.776. The van der Waals surface area contributed by atoms with Gasteiger partial charge in [0.15, 0.2) is 6.23 Å². The van der Waals surface area contributed by atoms with E-state index >= 15 is 0 Å². The van der Waals surface area contributed by atoms with E-state index in [2.05, 4.69) is 5.10 Å². The normalized spacial score (nSPS) is 29.2. The molecule has 118 valence electrons. The van der Waals surface area contributed by atoms with Gasteiger partial charge >= 0.3 is 0 Å². The fraction of sp³-hybridized carbons (Fsp3) is 0.400. The Bertz CT molecular complexity index is 625. The summed E-state index contributed by atoms with van der Waals surface area (Å²) in [6.07, 6.45) is 2.56. The van der Waals surface area contributed by atoms with Crippen molar-refractivity contribution in [2.75, 3.05) is 6.61 Å². The largest absolute Gasteiger partial charge is 0.394 e. The summed E-state index contributed by atoms with van der Waals surface area (Å²) in [5.74, 6) is 0. The third-order valence-corrected chi connectivity index (χ3v) is 4.45. The van der Waals surface area contributed by atoms with Crippen LogP contribution in [0.25, 0.3) is 12.2 Å². The molecule has 3 heterocycles. The maximum absolute atomic E-state index is 9.85. The highest BCUT2D eigenvalue weighted by atomic mass is 32.1. The molecule has 0 amide bonds. The van der Waals surface area contributed by atoms with Gasteiger partial charge in [0.2, 0.25) is 0 Å². The van der Waals surface area contributed by atoms with Crippen LogP contribution in [-0.2, 0) is 4.74 Å². The first-order valence-electron chi connectivity index (χ1n) is 7.06. The molecule has 4 unspecified atom stereocenters. The molecular weight excluding hydrogens is 304 g/mol. The van der Waals surface area contributed by atoms with E-state index in [1.54, 1.807) is 22.2 Å². The number of aliphatic hydroxyl groups is 3. The third kappa shape index (κ3) is 3.29. The van der Waals surface area contributed by atoms with Crippen molar-refractivity contribution in [3.05, 3.63) is 40.3 Å². The smallest absolute Gasteiger partial charge is 0.153 e. The molecular formula is C15H18N2O4S. The van der Waals surface area contributed by atoms with E-state index in [1.807, 2.05) is 35.7 Å². The predicted octanol–water partition coefficient (Wildman–Crippen LogP) is 1.12. The molecule has 0 spiro atoms. The standard InChI is InChI=1S/C15H18N2O4S/c18-9-13-15(20)12(19)8-14(21-13)17-6-5-10(16-17)3-4-11-2-1-7-22-11/h1-7,12-15,18-20H,8-9H2/b4-3+. The number of hydrogen-bond acceptors (Lipinski definition) is 6. The molecule has 3 N–H and O–H groups in total. The van der Waals surface area contributed by atoms with Gasteiger partial charge in [-0.2, -0.15) is 5.10 Å². The van der Waals surface area contributed by atoms with Crippen LogP contribution in [0.3, 0.4) is 0 Å². The molecule has 6 nitrogen and oxygen atoms in total. The van der Waals surface area contributed by atoms with Crippen molar-refractivity contribution in [3.8, 4) is 0 Å². The van der Waals surface area contributed by atoms with E-state index in [0.717, 1.165) is 10.6 Å². The van der Waals surface area contributed by atoms with E-state index in [-0.39, 0.29) is 13.0 Å². The summed E-state index contributed by atoms with van der Waals surface area (Å²) >= 11 is 1.65. The number of aromatic nitrogens is 2. The Morgan fingerprint density at radius 3 is 2.95 bits per heavy atom. The summed E-state index contributed by atoms with van der Waals surface area (Å²) in [4.78, 5) is 1.14. The van der Waals surface area contributed by atoms with E-state index in [1.165, 1.54) is 0 Å². The van der Waals surface area contributed by atoms with Gasteiger partial charge in [-0.25, -0.2) is 4.68 Å². The van der Waals surface area contributed by atoms with Crippen LogP contribution in [0.1, 0.15) is 23.2 Å². The van der Waals surface area contributed by atoms with Crippen LogP contribution >= 0.6 is 11.3 Å². The van der Waals surface area contributed by atoms with E-state index < -0.39 is 24.5 Å². The van der Waals surface area contributed by atoms with E-state index in [4.69, 9.17) is 4.74 Å². The van der Waals surface area contributed by atoms with Crippen molar-refractivity contribution in [1.29, 1.82) is 0 Å². The Morgan fingerprint density at radius 2 is 2.23 bits per heavy atom. The van der Waals surface area contributed by atoms with Gasteiger partial charge in [-0.3, -0.25) is 0 Å². The SMILES string of the molecule is OCC1OC(n2ccc(/C=C/c3cccs3)n2)CC(O)C1O. The lowest BCUT2D eigenvalue weighted by atomic mass is 10.0. The Morgan fingerprint density at radius 1 is 1.36 bits per heavy atom. The van der Waals surface area contributed by atoms with Crippen LogP contribution in [0.5, 0.6) is 0 Å². The molecule has 1 aliphatic heterocycles. The zero-order chi connectivity index (χ0) is 15.5. The third-order valence-electron chi connectivity index (χ3n) is 3.62. The van der Waals surface area contributed by atoms with Crippen molar-refractivity contribution in [2.45, 2.75) is 31.0 Å². The second-order valence-corrected chi connectivity index (χ2v) is 6.15. The average Bonchev–Trinajstić information content (AvgIpc) is 3.18. The minimum absolute atomic E-state index is 0.230. The quantitative estimate of drug-likeness (QED) is 0.785. The van der Waals surface area contributed by atoms with Gasteiger partial charge in [0.05, 0.1) is 18.4 Å². The van der Waals surface area contributed by atoms with Gasteiger partial charge in [-0.1, -0.05) is 6.07 Å². The predicted molar refractivity (Wildman–Crippen MR) is 83.1 cm³/mol. The molecule has 0 bridgehead atoms. The van der Waals surface area contributed by atoms with E-state index in [9.17, 15) is 15.3 Å². The zero-order valence-corrected chi connectivity index (χ0v) is 12.6. The zero-order valence-electron chi connectivity index (χ0n) is 11.8. The second kappa shape index (κ2) is 6.72. The molecule has 1 saturated heterocycles. The highest BCUT2D eigenvalue weighted by Crippen LogP contribution is 2.27. The van der Waals surface area contributed by atoms with Crippen molar-refractivity contribution in [3.63, 3.8) is 0 Å². The van der Waals surface area contributed by atoms with E-state index in [0.29, 0.717) is 0 Å². The monoisotopic (exact) mass is 322 g/mol. The lowest BCUT2D eigenvalue weighted by molar-refractivity contribution is -0.203. The molecule has 2 aromatic heterocycles. The number of ether oxygens (including phenoxy) is 1. The number of thiophene rings is 1. The van der Waals surface area contributed by atoms with Gasteiger partial charge in [0.1, 0.15) is 12.2 Å². The first-order chi connectivity index (χ1) is 10.7. The lowest BCUT2D eigenvalue weighted by Crippen LogP contribution is -2.48. The Labute approximate surface area is 131 Å². The summed E-state index contributed by atoms with van der Waals surface area (Å²) in [6, 6.07) is 5.85. The molecule has 1 aliphatic rings. The average molecular weight is 322 g/mol. The topological polar surface area (TPSA) is 87.7 Å². The molecule has 4 atom stereocenters. The van der Waals surface area contributed by atoms with Gasteiger partial charge in [0.25, 0.3) is 0 Å². The highest BCUT2D eigenvalue weighted by Gasteiger charge is 2.37. The Hall–Kier alpha value is -1.51. The Kier molecular flexibility index (Phi) is 4.70. The summed E-state index contributed by atoms with van der Waals surface area (Å²) in [7, 11) is 0. The van der Waals surface area contributed by atoms with Crippen LogP contribution in [0.4, 0.5) is 0 Å². The summed E-state index contributed by atoms with van der Waals surface area (Å²) in [5, 5.41) is 35.2. The molecule has 0 radical (unpaired) electrons. The van der Waals surface area contributed by atoms with Crippen LogP contribution in [-0.4, -0.2) is 50.0 Å². The second-order valence-electron chi connectivity index (χ2n) is 5.17. The van der Waals surface area contributed by atoms with Crippen molar-refractivity contribution >= 4 is 23.5 Å². The van der Waals surface area contributed by atoms with Crippen molar-refractivity contribution in [2.24, 2.45) is 0 Å². The Balaban J connectivity index is 1.70. The van der Waals surface area contributed by atoms with Gasteiger partial charge < -0.3 is 20.1 Å². The van der Waals surface area contributed by atoms with Gasteiger partial charge in [0, 0.05) is 17.5 Å². The van der Waals surface area contributed by atoms with Crippen LogP contribution in [0.15, 0.2) is 29.8 Å². The number of hydrogen-bond donors (Lipinski definition) is 3. The summed E-state index contributed by atoms with van der Waals surface area (Å²) in [6.45, 7) is -0.346. The van der Waals surface area contributed by atoms with Crippen LogP contribution < -0.4 is 0 Å². The van der Waals surface area contributed by atoms with Gasteiger partial charge in [-0.05, 0) is 29.7 Å². The lowest BCUT2D eigenvalue weighted by Gasteiger charge is -2.36.